The molecule has 2 rings (SSSR count). The predicted molar refractivity (Wildman–Crippen MR) is 75.8 cm³/mol. The quantitative estimate of drug-likeness (QED) is 0.839. The fraction of sp³-hybridized carbons (Fsp3) is 0.417. The number of nitrogens with two attached hydrogens (primary N) is 1. The SMILES string of the molecule is CC1CC1CNc1cc(Br)ccc1C(N)=S. The van der Waals surface area contributed by atoms with Crippen LogP contribution >= 0.6 is 28.1 Å². The third-order valence-electron chi connectivity index (χ3n) is 3.08. The highest BCUT2D eigenvalue weighted by Crippen LogP contribution is 2.37. The summed E-state index contributed by atoms with van der Waals surface area (Å²) < 4.78 is 1.04. The lowest BCUT2D eigenvalue weighted by molar-refractivity contribution is 0.787. The Kier molecular flexibility index (Phi) is 3.50. The largest absolute Gasteiger partial charge is 0.389 e. The van der Waals surface area contributed by atoms with Gasteiger partial charge in [-0.3, -0.25) is 0 Å². The van der Waals surface area contributed by atoms with E-state index in [0.29, 0.717) is 4.99 Å². The molecule has 86 valence electrons. The first-order valence-electron chi connectivity index (χ1n) is 5.41. The number of halogens is 1. The summed E-state index contributed by atoms with van der Waals surface area (Å²) in [6.07, 6.45) is 1.32. The predicted octanol–water partition coefficient (Wildman–Crippen LogP) is 3.15. The van der Waals surface area contributed by atoms with Gasteiger partial charge in [0.05, 0.1) is 0 Å². The molecule has 0 heterocycles. The minimum atomic E-state index is 0.443. The first-order chi connectivity index (χ1) is 7.58. The maximum atomic E-state index is 5.69. The molecule has 0 amide bonds. The Bertz CT molecular complexity index is 419. The Morgan fingerprint density at radius 3 is 2.88 bits per heavy atom. The van der Waals surface area contributed by atoms with Crippen molar-refractivity contribution in [2.45, 2.75) is 13.3 Å². The van der Waals surface area contributed by atoms with Gasteiger partial charge in [-0.15, -0.1) is 0 Å². The minimum absolute atomic E-state index is 0.443. The molecule has 1 saturated carbocycles. The van der Waals surface area contributed by atoms with Crippen molar-refractivity contribution in [3.63, 3.8) is 0 Å². The molecule has 3 N–H and O–H groups in total. The van der Waals surface area contributed by atoms with Crippen LogP contribution in [0.5, 0.6) is 0 Å². The standard InChI is InChI=1S/C12H15BrN2S/c1-7-4-8(7)6-15-11-5-9(13)2-3-10(11)12(14)16/h2-3,5,7-8,15H,4,6H2,1H3,(H2,14,16). The third kappa shape index (κ3) is 2.74. The first-order valence-corrected chi connectivity index (χ1v) is 6.61. The highest BCUT2D eigenvalue weighted by molar-refractivity contribution is 9.10. The lowest BCUT2D eigenvalue weighted by atomic mass is 10.1. The van der Waals surface area contributed by atoms with Gasteiger partial charge in [0.1, 0.15) is 4.99 Å². The summed E-state index contributed by atoms with van der Waals surface area (Å²) in [5.41, 5.74) is 7.64. The summed E-state index contributed by atoms with van der Waals surface area (Å²) in [6.45, 7) is 3.29. The Labute approximate surface area is 110 Å². The van der Waals surface area contributed by atoms with Gasteiger partial charge in [0.15, 0.2) is 0 Å². The van der Waals surface area contributed by atoms with Gasteiger partial charge in [-0.05, 0) is 36.5 Å². The van der Waals surface area contributed by atoms with Crippen LogP contribution < -0.4 is 11.1 Å². The fourth-order valence-electron chi connectivity index (χ4n) is 1.80. The molecule has 0 aromatic heterocycles. The molecule has 1 fully saturated rings. The van der Waals surface area contributed by atoms with Gasteiger partial charge in [-0.25, -0.2) is 0 Å². The van der Waals surface area contributed by atoms with Crippen molar-refractivity contribution in [3.05, 3.63) is 28.2 Å². The number of benzene rings is 1. The van der Waals surface area contributed by atoms with Crippen LogP contribution in [0.1, 0.15) is 18.9 Å². The molecule has 0 aliphatic heterocycles. The molecule has 2 unspecified atom stereocenters. The van der Waals surface area contributed by atoms with Gasteiger partial charge in [-0.1, -0.05) is 35.1 Å². The maximum absolute atomic E-state index is 5.69. The second-order valence-corrected chi connectivity index (χ2v) is 5.76. The highest BCUT2D eigenvalue weighted by Gasteiger charge is 2.31. The van der Waals surface area contributed by atoms with Crippen LogP contribution in [-0.4, -0.2) is 11.5 Å². The summed E-state index contributed by atoms with van der Waals surface area (Å²) in [5.74, 6) is 1.66. The Hall–Kier alpha value is -0.610. The van der Waals surface area contributed by atoms with Crippen LogP contribution in [0.25, 0.3) is 0 Å². The Morgan fingerprint density at radius 1 is 1.62 bits per heavy atom. The molecule has 4 heteroatoms. The lowest BCUT2D eigenvalue weighted by Crippen LogP contribution is -2.14. The van der Waals surface area contributed by atoms with Crippen LogP contribution in [0.4, 0.5) is 5.69 Å². The van der Waals surface area contributed by atoms with E-state index in [1.807, 2.05) is 18.2 Å². The second kappa shape index (κ2) is 4.72. The molecule has 0 radical (unpaired) electrons. The average Bonchev–Trinajstić information content (AvgIpc) is 2.91. The number of rotatable bonds is 4. The Balaban J connectivity index is 2.10. The third-order valence-corrected chi connectivity index (χ3v) is 3.79. The molecular weight excluding hydrogens is 284 g/mol. The van der Waals surface area contributed by atoms with E-state index >= 15 is 0 Å². The van der Waals surface area contributed by atoms with E-state index in [9.17, 15) is 0 Å². The zero-order valence-corrected chi connectivity index (χ0v) is 11.6. The van der Waals surface area contributed by atoms with Crippen molar-refractivity contribution in [2.24, 2.45) is 17.6 Å². The average molecular weight is 299 g/mol. The normalized spacial score (nSPS) is 22.9. The van der Waals surface area contributed by atoms with Crippen molar-refractivity contribution in [1.29, 1.82) is 0 Å². The van der Waals surface area contributed by atoms with Crippen LogP contribution in [-0.2, 0) is 0 Å². The van der Waals surface area contributed by atoms with Crippen LogP contribution in [0.15, 0.2) is 22.7 Å². The monoisotopic (exact) mass is 298 g/mol. The molecule has 1 aromatic rings. The summed E-state index contributed by atoms with van der Waals surface area (Å²) in [6, 6.07) is 5.94. The van der Waals surface area contributed by atoms with Gasteiger partial charge < -0.3 is 11.1 Å². The summed E-state index contributed by atoms with van der Waals surface area (Å²) in [7, 11) is 0. The second-order valence-electron chi connectivity index (χ2n) is 4.41. The van der Waals surface area contributed by atoms with Gasteiger partial charge in [0, 0.05) is 22.3 Å². The fourth-order valence-corrected chi connectivity index (χ4v) is 2.34. The lowest BCUT2D eigenvalue weighted by Gasteiger charge is -2.11. The van der Waals surface area contributed by atoms with Crippen molar-refractivity contribution in [3.8, 4) is 0 Å². The maximum Gasteiger partial charge on any atom is 0.106 e. The van der Waals surface area contributed by atoms with Crippen molar-refractivity contribution in [1.82, 2.24) is 0 Å². The van der Waals surface area contributed by atoms with E-state index in [4.69, 9.17) is 18.0 Å². The summed E-state index contributed by atoms with van der Waals surface area (Å²) >= 11 is 8.49. The molecule has 0 bridgehead atoms. The van der Waals surface area contributed by atoms with Gasteiger partial charge >= 0.3 is 0 Å². The van der Waals surface area contributed by atoms with Crippen molar-refractivity contribution >= 4 is 38.8 Å². The van der Waals surface area contributed by atoms with Crippen molar-refractivity contribution in [2.75, 3.05) is 11.9 Å². The minimum Gasteiger partial charge on any atom is -0.389 e. The van der Waals surface area contributed by atoms with E-state index in [2.05, 4.69) is 28.2 Å². The zero-order valence-electron chi connectivity index (χ0n) is 9.16. The molecule has 0 saturated heterocycles. The molecule has 2 atom stereocenters. The van der Waals surface area contributed by atoms with Crippen LogP contribution in [0.3, 0.4) is 0 Å². The van der Waals surface area contributed by atoms with Gasteiger partial charge in [-0.2, -0.15) is 0 Å². The molecule has 2 nitrogen and oxygen atoms in total. The first kappa shape index (κ1) is 11.9. The molecule has 16 heavy (non-hydrogen) atoms. The van der Waals surface area contributed by atoms with E-state index in [0.717, 1.165) is 34.1 Å². The molecule has 0 spiro atoms. The molecule has 1 aliphatic carbocycles. The number of thiocarbonyl (C=S) groups is 1. The smallest absolute Gasteiger partial charge is 0.106 e. The number of hydrogen-bond acceptors (Lipinski definition) is 2. The molecular formula is C12H15BrN2S. The van der Waals surface area contributed by atoms with Crippen LogP contribution in [0, 0.1) is 11.8 Å². The van der Waals surface area contributed by atoms with E-state index < -0.39 is 0 Å². The number of hydrogen-bond donors (Lipinski definition) is 2. The van der Waals surface area contributed by atoms with Crippen molar-refractivity contribution < 1.29 is 0 Å². The summed E-state index contributed by atoms with van der Waals surface area (Å²) in [4.78, 5) is 0.443. The molecule has 1 aromatic carbocycles. The van der Waals surface area contributed by atoms with Gasteiger partial charge in [0.25, 0.3) is 0 Å². The topological polar surface area (TPSA) is 38.0 Å². The van der Waals surface area contributed by atoms with Gasteiger partial charge in [0.2, 0.25) is 0 Å². The number of anilines is 1. The summed E-state index contributed by atoms with van der Waals surface area (Å²) in [5, 5.41) is 3.43. The van der Waals surface area contributed by atoms with Crippen LogP contribution in [0.2, 0.25) is 0 Å². The molecule has 1 aliphatic rings. The van der Waals surface area contributed by atoms with E-state index in [1.54, 1.807) is 0 Å². The number of nitrogens with one attached hydrogen (secondary N) is 1. The zero-order chi connectivity index (χ0) is 11.7. The van der Waals surface area contributed by atoms with E-state index in [-0.39, 0.29) is 0 Å². The highest BCUT2D eigenvalue weighted by atomic mass is 79.9. The van der Waals surface area contributed by atoms with E-state index in [1.165, 1.54) is 6.42 Å². The Morgan fingerprint density at radius 2 is 2.31 bits per heavy atom.